The van der Waals surface area contributed by atoms with E-state index in [-0.39, 0.29) is 47.6 Å². The van der Waals surface area contributed by atoms with Crippen molar-refractivity contribution in [3.63, 3.8) is 0 Å². The summed E-state index contributed by atoms with van der Waals surface area (Å²) in [5, 5.41) is 4.89. The van der Waals surface area contributed by atoms with Crippen LogP contribution in [0.15, 0.2) is 30.3 Å². The van der Waals surface area contributed by atoms with Crippen molar-refractivity contribution in [1.82, 2.24) is 4.90 Å². The monoisotopic (exact) mass is 495 g/mol. The first kappa shape index (κ1) is 24.8. The van der Waals surface area contributed by atoms with Gasteiger partial charge in [-0.15, -0.1) is 0 Å². The summed E-state index contributed by atoms with van der Waals surface area (Å²) < 4.78 is 85.4. The standard InChI is InChI=1S/C21H20ClF6N3O2/c1-11(21(26,27)28)33-18-6-17(30-20(32)31-9-12(7-23)10-31)16(25)5-13(18)8-29-19-14(22)3-2-4-15(19)24/h2-6,11-12,29H,7-10H2,1H3,(H,30,32)/t11-/m0/s1. The number of halogens is 7. The number of carbonyl (C=O) groups is 1. The van der Waals surface area contributed by atoms with Crippen molar-refractivity contribution in [1.29, 1.82) is 0 Å². The van der Waals surface area contributed by atoms with Crippen molar-refractivity contribution < 1.29 is 35.9 Å². The zero-order chi connectivity index (χ0) is 24.3. The predicted octanol–water partition coefficient (Wildman–Crippen LogP) is 5.99. The second-order valence-electron chi connectivity index (χ2n) is 7.55. The molecule has 0 saturated carbocycles. The van der Waals surface area contributed by atoms with Gasteiger partial charge in [0.15, 0.2) is 6.10 Å². The molecule has 5 nitrogen and oxygen atoms in total. The van der Waals surface area contributed by atoms with Crippen LogP contribution in [0, 0.1) is 17.6 Å². The van der Waals surface area contributed by atoms with Crippen molar-refractivity contribution in [2.45, 2.75) is 25.7 Å². The summed E-state index contributed by atoms with van der Waals surface area (Å²) in [5.41, 5.74) is -0.602. The van der Waals surface area contributed by atoms with E-state index >= 15 is 0 Å². The second kappa shape index (κ2) is 9.98. The molecular weight excluding hydrogens is 476 g/mol. The van der Waals surface area contributed by atoms with Crippen LogP contribution >= 0.6 is 11.6 Å². The van der Waals surface area contributed by atoms with E-state index in [9.17, 15) is 31.1 Å². The lowest BCUT2D eigenvalue weighted by Gasteiger charge is -2.37. The van der Waals surface area contributed by atoms with E-state index in [2.05, 4.69) is 10.6 Å². The van der Waals surface area contributed by atoms with Gasteiger partial charge >= 0.3 is 12.2 Å². The van der Waals surface area contributed by atoms with Crippen molar-refractivity contribution in [3.05, 3.63) is 52.6 Å². The number of rotatable bonds is 7. The van der Waals surface area contributed by atoms with Crippen molar-refractivity contribution >= 4 is 29.0 Å². The number of carbonyl (C=O) groups excluding carboxylic acids is 1. The zero-order valence-corrected chi connectivity index (χ0v) is 18.0. The number of nitrogens with zero attached hydrogens (tertiary/aromatic N) is 1. The number of amides is 2. The zero-order valence-electron chi connectivity index (χ0n) is 17.3. The molecular formula is C21H20ClF6N3O2. The van der Waals surface area contributed by atoms with Crippen LogP contribution in [-0.2, 0) is 6.54 Å². The second-order valence-corrected chi connectivity index (χ2v) is 7.95. The molecule has 1 aliphatic heterocycles. The average Bonchev–Trinajstić information content (AvgIpc) is 2.69. The van der Waals surface area contributed by atoms with Crippen LogP contribution in [0.2, 0.25) is 5.02 Å². The first-order valence-corrected chi connectivity index (χ1v) is 10.2. The summed E-state index contributed by atoms with van der Waals surface area (Å²) >= 11 is 5.93. The molecule has 1 fully saturated rings. The maximum Gasteiger partial charge on any atom is 0.425 e. The molecule has 12 heteroatoms. The Hall–Kier alpha value is -2.82. The molecule has 0 bridgehead atoms. The van der Waals surface area contributed by atoms with Crippen molar-refractivity contribution in [2.75, 3.05) is 30.4 Å². The van der Waals surface area contributed by atoms with E-state index in [0.29, 0.717) is 0 Å². The Morgan fingerprint density at radius 1 is 1.24 bits per heavy atom. The number of benzene rings is 2. The minimum Gasteiger partial charge on any atom is -0.481 e. The molecule has 2 aromatic rings. The highest BCUT2D eigenvalue weighted by Crippen LogP contribution is 2.33. The molecule has 1 saturated heterocycles. The van der Waals surface area contributed by atoms with Crippen molar-refractivity contribution in [3.8, 4) is 5.75 Å². The minimum atomic E-state index is -4.71. The molecule has 33 heavy (non-hydrogen) atoms. The quantitative estimate of drug-likeness (QED) is 0.464. The maximum absolute atomic E-state index is 14.7. The summed E-state index contributed by atoms with van der Waals surface area (Å²) in [6.07, 6.45) is -6.96. The normalized spacial score (nSPS) is 15.1. The Labute approximate surface area is 190 Å². The lowest BCUT2D eigenvalue weighted by atomic mass is 10.0. The van der Waals surface area contributed by atoms with E-state index < -0.39 is 42.3 Å². The largest absolute Gasteiger partial charge is 0.481 e. The van der Waals surface area contributed by atoms with Gasteiger partial charge in [0, 0.05) is 37.2 Å². The Morgan fingerprint density at radius 2 is 1.94 bits per heavy atom. The fourth-order valence-electron chi connectivity index (χ4n) is 3.07. The first-order valence-electron chi connectivity index (χ1n) is 9.85. The van der Waals surface area contributed by atoms with E-state index in [1.807, 2.05) is 0 Å². The number of anilines is 2. The van der Waals surface area contributed by atoms with E-state index in [1.165, 1.54) is 17.0 Å². The van der Waals surface area contributed by atoms with Crippen LogP contribution in [0.5, 0.6) is 5.75 Å². The number of hydrogen-bond acceptors (Lipinski definition) is 3. The van der Waals surface area contributed by atoms with Crippen LogP contribution in [0.4, 0.5) is 42.5 Å². The molecule has 0 radical (unpaired) electrons. The van der Waals surface area contributed by atoms with Gasteiger partial charge in [0.25, 0.3) is 0 Å². The van der Waals surface area contributed by atoms with E-state index in [0.717, 1.165) is 25.1 Å². The number of alkyl halides is 4. The third kappa shape index (κ3) is 5.95. The van der Waals surface area contributed by atoms with Crippen LogP contribution in [0.1, 0.15) is 12.5 Å². The third-order valence-corrected chi connectivity index (χ3v) is 5.35. The molecule has 1 aliphatic rings. The van der Waals surface area contributed by atoms with Crippen molar-refractivity contribution in [2.24, 2.45) is 5.92 Å². The Bertz CT molecular complexity index is 994. The Morgan fingerprint density at radius 3 is 2.55 bits per heavy atom. The highest BCUT2D eigenvalue weighted by molar-refractivity contribution is 6.33. The summed E-state index contributed by atoms with van der Waals surface area (Å²) in [4.78, 5) is 13.4. The van der Waals surface area contributed by atoms with Crippen LogP contribution in [0.25, 0.3) is 0 Å². The van der Waals surface area contributed by atoms with Gasteiger partial charge in [0.05, 0.1) is 23.1 Å². The highest BCUT2D eigenvalue weighted by Gasteiger charge is 2.38. The molecule has 2 N–H and O–H groups in total. The maximum atomic E-state index is 14.7. The number of urea groups is 1. The fraction of sp³-hybridized carbons (Fsp3) is 0.381. The van der Waals surface area contributed by atoms with Crippen LogP contribution < -0.4 is 15.4 Å². The van der Waals surface area contributed by atoms with Crippen LogP contribution in [-0.4, -0.2) is 43.0 Å². The lowest BCUT2D eigenvalue weighted by molar-refractivity contribution is -0.189. The molecule has 0 unspecified atom stereocenters. The van der Waals surface area contributed by atoms with Gasteiger partial charge in [-0.1, -0.05) is 17.7 Å². The highest BCUT2D eigenvalue weighted by atomic mass is 35.5. The molecule has 1 atom stereocenters. The number of ether oxygens (including phenoxy) is 1. The van der Waals surface area contributed by atoms with Gasteiger partial charge < -0.3 is 20.3 Å². The fourth-order valence-corrected chi connectivity index (χ4v) is 3.30. The smallest absolute Gasteiger partial charge is 0.425 e. The summed E-state index contributed by atoms with van der Waals surface area (Å²) in [6, 6.07) is 4.96. The molecule has 1 heterocycles. The van der Waals surface area contributed by atoms with Gasteiger partial charge in [-0.25, -0.2) is 13.6 Å². The number of nitrogens with one attached hydrogen (secondary N) is 2. The molecule has 2 amide bonds. The summed E-state index contributed by atoms with van der Waals surface area (Å²) in [6.45, 7) is 0.132. The summed E-state index contributed by atoms with van der Waals surface area (Å²) in [5.74, 6) is -2.33. The van der Waals surface area contributed by atoms with Gasteiger partial charge in [-0.05, 0) is 25.1 Å². The molecule has 0 spiro atoms. The summed E-state index contributed by atoms with van der Waals surface area (Å²) in [7, 11) is 0. The Balaban J connectivity index is 1.84. The van der Waals surface area contributed by atoms with Gasteiger partial charge in [-0.2, -0.15) is 13.2 Å². The van der Waals surface area contributed by atoms with Gasteiger partial charge in [-0.3, -0.25) is 4.39 Å². The third-order valence-electron chi connectivity index (χ3n) is 5.04. The number of hydrogen-bond donors (Lipinski definition) is 2. The molecule has 3 rings (SSSR count). The predicted molar refractivity (Wildman–Crippen MR) is 111 cm³/mol. The lowest BCUT2D eigenvalue weighted by Crippen LogP contribution is -2.52. The molecule has 2 aromatic carbocycles. The molecule has 180 valence electrons. The molecule has 0 aromatic heterocycles. The SMILES string of the molecule is C[C@H](Oc1cc(NC(=O)N2CC(CF)C2)c(F)cc1CNc1c(F)cccc1Cl)C(F)(F)F. The number of likely N-dealkylation sites (tertiary alicyclic amines) is 1. The molecule has 0 aliphatic carbocycles. The Kier molecular flexibility index (Phi) is 7.51. The van der Waals surface area contributed by atoms with Gasteiger partial charge in [0.1, 0.15) is 17.4 Å². The minimum absolute atomic E-state index is 0.0200. The van der Waals surface area contributed by atoms with Crippen LogP contribution in [0.3, 0.4) is 0 Å². The van der Waals surface area contributed by atoms with E-state index in [4.69, 9.17) is 16.3 Å². The number of para-hydroxylation sites is 1. The average molecular weight is 496 g/mol. The first-order chi connectivity index (χ1) is 15.5. The van der Waals surface area contributed by atoms with Gasteiger partial charge in [0.2, 0.25) is 0 Å². The van der Waals surface area contributed by atoms with E-state index in [1.54, 1.807) is 0 Å². The topological polar surface area (TPSA) is 53.6 Å².